The van der Waals surface area contributed by atoms with Gasteiger partial charge in [-0.2, -0.15) is 5.10 Å². The lowest BCUT2D eigenvalue weighted by atomic mass is 10.1. The van der Waals surface area contributed by atoms with E-state index in [1.165, 1.54) is 6.07 Å². The topological polar surface area (TPSA) is 70.6 Å². The lowest BCUT2D eigenvalue weighted by Crippen LogP contribution is -2.19. The number of hydrogen-bond donors (Lipinski definition) is 2. The van der Waals surface area contributed by atoms with Crippen LogP contribution < -0.4 is 10.7 Å². The second kappa shape index (κ2) is 10.8. The molecule has 0 unspecified atom stereocenters. The molecule has 5 nitrogen and oxygen atoms in total. The number of aryl methyl sites for hydroxylation is 1. The number of anilines is 1. The number of nitrogens with one attached hydrogen (secondary N) is 2. The third-order valence-electron chi connectivity index (χ3n) is 4.55. The van der Waals surface area contributed by atoms with Gasteiger partial charge in [0.2, 0.25) is 5.91 Å². The zero-order valence-electron chi connectivity index (χ0n) is 16.9. The first kappa shape index (κ1) is 22.5. The Morgan fingerprint density at radius 2 is 1.71 bits per heavy atom. The molecule has 0 fully saturated rings. The fraction of sp³-hybridized carbons (Fsp3) is 0.125. The third-order valence-corrected chi connectivity index (χ3v) is 5.09. The molecule has 31 heavy (non-hydrogen) atoms. The van der Waals surface area contributed by atoms with Crippen molar-refractivity contribution < 1.29 is 9.59 Å². The lowest BCUT2D eigenvalue weighted by molar-refractivity contribution is -0.121. The molecule has 0 spiro atoms. The van der Waals surface area contributed by atoms with Crippen LogP contribution in [0, 0.1) is 0 Å². The summed E-state index contributed by atoms with van der Waals surface area (Å²) in [6.45, 7) is 1.79. The summed E-state index contributed by atoms with van der Waals surface area (Å²) in [6, 6.07) is 21.7. The molecule has 2 N–H and O–H groups in total. The Labute approximate surface area is 191 Å². The standard InChI is InChI=1S/C24H21Cl2N3O2/c1-16(28-29-23(30)13-10-17-6-3-2-4-7-17)18-8-5-9-20(14-18)27-24(31)21-12-11-19(25)15-22(21)26/h2-9,11-12,14-15H,10,13H2,1H3,(H,27,31)(H,29,30)/b28-16+. The van der Waals surface area contributed by atoms with Crippen molar-refractivity contribution in [2.45, 2.75) is 19.8 Å². The maximum Gasteiger partial charge on any atom is 0.257 e. The van der Waals surface area contributed by atoms with Crippen LogP contribution >= 0.6 is 23.2 Å². The molecule has 7 heteroatoms. The van der Waals surface area contributed by atoms with Crippen molar-refractivity contribution >= 4 is 46.4 Å². The molecule has 158 valence electrons. The predicted molar refractivity (Wildman–Crippen MR) is 126 cm³/mol. The summed E-state index contributed by atoms with van der Waals surface area (Å²) in [7, 11) is 0. The van der Waals surface area contributed by atoms with Gasteiger partial charge in [0.15, 0.2) is 0 Å². The number of amides is 2. The molecule has 0 bridgehead atoms. The number of carbonyl (C=O) groups is 2. The van der Waals surface area contributed by atoms with Crippen LogP contribution in [-0.4, -0.2) is 17.5 Å². The van der Waals surface area contributed by atoms with Crippen molar-refractivity contribution in [2.75, 3.05) is 5.32 Å². The van der Waals surface area contributed by atoms with E-state index in [0.29, 0.717) is 34.8 Å². The van der Waals surface area contributed by atoms with E-state index >= 15 is 0 Å². The summed E-state index contributed by atoms with van der Waals surface area (Å²) in [4.78, 5) is 24.6. The Hall–Kier alpha value is -3.15. The summed E-state index contributed by atoms with van der Waals surface area (Å²) in [5.74, 6) is -0.507. The van der Waals surface area contributed by atoms with Crippen LogP contribution in [0.4, 0.5) is 5.69 Å². The molecule has 0 saturated carbocycles. The van der Waals surface area contributed by atoms with Crippen LogP contribution in [0.3, 0.4) is 0 Å². The van der Waals surface area contributed by atoms with E-state index in [0.717, 1.165) is 11.1 Å². The van der Waals surface area contributed by atoms with E-state index < -0.39 is 0 Å². The van der Waals surface area contributed by atoms with E-state index in [-0.39, 0.29) is 16.8 Å². The van der Waals surface area contributed by atoms with Crippen LogP contribution in [0.1, 0.15) is 34.8 Å². The van der Waals surface area contributed by atoms with Gasteiger partial charge in [-0.25, -0.2) is 5.43 Å². The Bertz CT molecular complexity index is 1110. The number of hydrazone groups is 1. The van der Waals surface area contributed by atoms with Gasteiger partial charge >= 0.3 is 0 Å². The Kier molecular flexibility index (Phi) is 7.82. The van der Waals surface area contributed by atoms with Crippen molar-refractivity contribution in [3.63, 3.8) is 0 Å². The highest BCUT2D eigenvalue weighted by Crippen LogP contribution is 2.22. The number of halogens is 2. The van der Waals surface area contributed by atoms with Gasteiger partial charge in [0, 0.05) is 17.1 Å². The highest BCUT2D eigenvalue weighted by atomic mass is 35.5. The van der Waals surface area contributed by atoms with Crippen molar-refractivity contribution in [3.05, 3.63) is 99.5 Å². The number of carbonyl (C=O) groups excluding carboxylic acids is 2. The number of hydrogen-bond acceptors (Lipinski definition) is 3. The van der Waals surface area contributed by atoms with Crippen LogP contribution in [-0.2, 0) is 11.2 Å². The molecule has 3 aromatic carbocycles. The predicted octanol–water partition coefficient (Wildman–Crippen LogP) is 5.72. The molecule has 0 aliphatic heterocycles. The third kappa shape index (κ3) is 6.67. The smallest absolute Gasteiger partial charge is 0.257 e. The van der Waals surface area contributed by atoms with E-state index in [4.69, 9.17) is 23.2 Å². The average molecular weight is 454 g/mol. The van der Waals surface area contributed by atoms with Gasteiger partial charge in [0.1, 0.15) is 0 Å². The number of benzene rings is 3. The summed E-state index contributed by atoms with van der Waals surface area (Å²) >= 11 is 12.0. The average Bonchev–Trinajstić information content (AvgIpc) is 2.76. The van der Waals surface area contributed by atoms with Crippen LogP contribution in [0.15, 0.2) is 77.9 Å². The Balaban J connectivity index is 1.60. The van der Waals surface area contributed by atoms with Crippen LogP contribution in [0.25, 0.3) is 0 Å². The van der Waals surface area contributed by atoms with Gasteiger partial charge in [-0.3, -0.25) is 9.59 Å². The zero-order valence-corrected chi connectivity index (χ0v) is 18.4. The molecule has 3 rings (SSSR count). The summed E-state index contributed by atoms with van der Waals surface area (Å²) in [6.07, 6.45) is 0.995. The second-order valence-corrected chi connectivity index (χ2v) is 7.72. The normalized spacial score (nSPS) is 11.1. The highest BCUT2D eigenvalue weighted by molar-refractivity contribution is 6.37. The van der Waals surface area contributed by atoms with Gasteiger partial charge in [-0.05, 0) is 54.8 Å². The maximum atomic E-state index is 12.5. The van der Waals surface area contributed by atoms with Gasteiger partial charge in [0.25, 0.3) is 5.91 Å². The van der Waals surface area contributed by atoms with Crippen LogP contribution in [0.2, 0.25) is 10.0 Å². The molecule has 0 aliphatic rings. The van der Waals surface area contributed by atoms with Crippen molar-refractivity contribution in [2.24, 2.45) is 5.10 Å². The van der Waals surface area contributed by atoms with Gasteiger partial charge in [0.05, 0.1) is 16.3 Å². The summed E-state index contributed by atoms with van der Waals surface area (Å²) in [5.41, 5.74) is 5.98. The summed E-state index contributed by atoms with van der Waals surface area (Å²) < 4.78 is 0. The molecule has 0 radical (unpaired) electrons. The Morgan fingerprint density at radius 3 is 2.45 bits per heavy atom. The highest BCUT2D eigenvalue weighted by Gasteiger charge is 2.11. The minimum Gasteiger partial charge on any atom is -0.322 e. The first-order valence-electron chi connectivity index (χ1n) is 9.66. The zero-order chi connectivity index (χ0) is 22.2. The first-order valence-corrected chi connectivity index (χ1v) is 10.4. The molecular formula is C24H21Cl2N3O2. The quantitative estimate of drug-likeness (QED) is 0.354. The van der Waals surface area contributed by atoms with Crippen molar-refractivity contribution in [1.82, 2.24) is 5.43 Å². The minimum atomic E-state index is -0.345. The SMILES string of the molecule is C/C(=N\NC(=O)CCc1ccccc1)c1cccc(NC(=O)c2ccc(Cl)cc2Cl)c1. The van der Waals surface area contributed by atoms with Gasteiger partial charge in [-0.1, -0.05) is 65.7 Å². The molecular weight excluding hydrogens is 433 g/mol. The molecule has 0 aliphatic carbocycles. The molecule has 0 saturated heterocycles. The van der Waals surface area contributed by atoms with Gasteiger partial charge in [-0.15, -0.1) is 0 Å². The monoisotopic (exact) mass is 453 g/mol. The maximum absolute atomic E-state index is 12.5. The number of nitrogens with zero attached hydrogens (tertiary/aromatic N) is 1. The van der Waals surface area contributed by atoms with E-state index in [9.17, 15) is 9.59 Å². The van der Waals surface area contributed by atoms with E-state index in [1.807, 2.05) is 36.4 Å². The fourth-order valence-electron chi connectivity index (χ4n) is 2.86. The van der Waals surface area contributed by atoms with E-state index in [2.05, 4.69) is 15.8 Å². The number of rotatable bonds is 7. The largest absolute Gasteiger partial charge is 0.322 e. The van der Waals surface area contributed by atoms with Crippen molar-refractivity contribution in [3.8, 4) is 0 Å². The van der Waals surface area contributed by atoms with Crippen molar-refractivity contribution in [1.29, 1.82) is 0 Å². The lowest BCUT2D eigenvalue weighted by Gasteiger charge is -2.09. The van der Waals surface area contributed by atoms with Crippen LogP contribution in [0.5, 0.6) is 0 Å². The molecule has 3 aromatic rings. The van der Waals surface area contributed by atoms with Gasteiger partial charge < -0.3 is 5.32 Å². The fourth-order valence-corrected chi connectivity index (χ4v) is 3.36. The summed E-state index contributed by atoms with van der Waals surface area (Å²) in [5, 5.41) is 7.72. The molecule has 0 aromatic heterocycles. The molecule has 2 amide bonds. The minimum absolute atomic E-state index is 0.162. The first-order chi connectivity index (χ1) is 14.9. The Morgan fingerprint density at radius 1 is 0.935 bits per heavy atom. The molecule has 0 atom stereocenters. The van der Waals surface area contributed by atoms with E-state index in [1.54, 1.807) is 37.3 Å². The molecule has 0 heterocycles. The second-order valence-electron chi connectivity index (χ2n) is 6.88.